The van der Waals surface area contributed by atoms with Gasteiger partial charge < -0.3 is 4.52 Å². The molecule has 9 heteroatoms. The lowest BCUT2D eigenvalue weighted by molar-refractivity contribution is -0.129. The maximum atomic E-state index is 12.0. The molecule has 0 radical (unpaired) electrons. The smallest absolute Gasteiger partial charge is 0.296 e. The summed E-state index contributed by atoms with van der Waals surface area (Å²) in [5.74, 6) is -1.75. The van der Waals surface area contributed by atoms with Crippen molar-refractivity contribution in [2.24, 2.45) is 0 Å². The summed E-state index contributed by atoms with van der Waals surface area (Å²) in [5, 5.41) is 3.53. The Labute approximate surface area is 101 Å². The molecule has 2 rings (SSSR count). The largest absolute Gasteiger partial charge is 0.339 e. The molecular formula is C9H10F2N2O4S. The molecule has 0 spiro atoms. The minimum Gasteiger partial charge on any atom is -0.339 e. The van der Waals surface area contributed by atoms with Gasteiger partial charge in [0.15, 0.2) is 15.7 Å². The van der Waals surface area contributed by atoms with E-state index < -0.39 is 28.5 Å². The van der Waals surface area contributed by atoms with E-state index in [1.807, 2.05) is 0 Å². The highest BCUT2D eigenvalue weighted by molar-refractivity contribution is 7.91. The number of aromatic nitrogens is 2. The number of Topliss-reactive ketones (excluding diaryl/α,β-unsaturated/α-hetero) is 1. The number of sulfone groups is 1. The van der Waals surface area contributed by atoms with Gasteiger partial charge in [-0.25, -0.2) is 17.2 Å². The zero-order valence-electron chi connectivity index (χ0n) is 9.17. The van der Waals surface area contributed by atoms with E-state index in [2.05, 4.69) is 14.7 Å². The Morgan fingerprint density at radius 3 is 2.78 bits per heavy atom. The van der Waals surface area contributed by atoms with Gasteiger partial charge in [0.05, 0.1) is 17.9 Å². The number of carbonyl (C=O) groups is 1. The molecule has 2 heterocycles. The predicted octanol–water partition coefficient (Wildman–Crippen LogP) is 0.348. The third-order valence-electron chi connectivity index (χ3n) is 2.65. The van der Waals surface area contributed by atoms with Gasteiger partial charge >= 0.3 is 0 Å². The fourth-order valence-electron chi connectivity index (χ4n) is 1.73. The number of hydrogen-bond acceptors (Lipinski definition) is 6. The van der Waals surface area contributed by atoms with Crippen LogP contribution in [-0.4, -0.2) is 42.3 Å². The summed E-state index contributed by atoms with van der Waals surface area (Å²) in [6.45, 7) is 0. The van der Waals surface area contributed by atoms with Gasteiger partial charge in [-0.15, -0.1) is 0 Å². The number of halogens is 2. The van der Waals surface area contributed by atoms with Crippen LogP contribution in [0.2, 0.25) is 0 Å². The highest BCUT2D eigenvalue weighted by Gasteiger charge is 2.32. The molecule has 18 heavy (non-hydrogen) atoms. The van der Waals surface area contributed by atoms with Crippen LogP contribution in [0.3, 0.4) is 0 Å². The van der Waals surface area contributed by atoms with E-state index in [0.717, 1.165) is 0 Å². The second-order valence-electron chi connectivity index (χ2n) is 4.09. The molecule has 1 aromatic rings. The molecular weight excluding hydrogens is 270 g/mol. The Balaban J connectivity index is 2.05. The fourth-order valence-corrected chi connectivity index (χ4v) is 3.47. The van der Waals surface area contributed by atoms with Crippen molar-refractivity contribution in [3.05, 3.63) is 11.7 Å². The SMILES string of the molecule is O=C(Cc1nc(C2CCS(=O)(=O)C2)no1)C(F)F. The summed E-state index contributed by atoms with van der Waals surface area (Å²) in [6.07, 6.45) is -3.33. The molecule has 0 bridgehead atoms. The molecule has 1 unspecified atom stereocenters. The van der Waals surface area contributed by atoms with Crippen molar-refractivity contribution in [2.75, 3.05) is 11.5 Å². The van der Waals surface area contributed by atoms with E-state index in [9.17, 15) is 22.0 Å². The van der Waals surface area contributed by atoms with Crippen LogP contribution >= 0.6 is 0 Å². The summed E-state index contributed by atoms with van der Waals surface area (Å²) in [4.78, 5) is 14.6. The molecule has 6 nitrogen and oxygen atoms in total. The molecule has 1 saturated heterocycles. The number of ketones is 1. The van der Waals surface area contributed by atoms with E-state index in [0.29, 0.717) is 6.42 Å². The summed E-state index contributed by atoms with van der Waals surface area (Å²) < 4.78 is 51.2. The van der Waals surface area contributed by atoms with Crippen LogP contribution in [0.25, 0.3) is 0 Å². The van der Waals surface area contributed by atoms with Crippen LogP contribution in [0, 0.1) is 0 Å². The topological polar surface area (TPSA) is 90.1 Å². The van der Waals surface area contributed by atoms with E-state index in [1.54, 1.807) is 0 Å². The second-order valence-corrected chi connectivity index (χ2v) is 6.32. The third-order valence-corrected chi connectivity index (χ3v) is 4.42. The number of alkyl halides is 2. The average molecular weight is 280 g/mol. The number of hydrogen-bond donors (Lipinski definition) is 0. The van der Waals surface area contributed by atoms with Crippen molar-refractivity contribution >= 4 is 15.6 Å². The first-order valence-corrected chi connectivity index (χ1v) is 7.03. The molecule has 0 saturated carbocycles. The third kappa shape index (κ3) is 2.89. The zero-order chi connectivity index (χ0) is 13.3. The van der Waals surface area contributed by atoms with Crippen LogP contribution in [-0.2, 0) is 21.1 Å². The molecule has 100 valence electrons. The van der Waals surface area contributed by atoms with Gasteiger partial charge in [0.25, 0.3) is 6.43 Å². The molecule has 0 amide bonds. The minimum absolute atomic E-state index is 0.0531. The number of rotatable bonds is 4. The molecule has 0 aromatic carbocycles. The maximum absolute atomic E-state index is 12.0. The Bertz CT molecular complexity index is 555. The Morgan fingerprint density at radius 1 is 1.50 bits per heavy atom. The summed E-state index contributed by atoms with van der Waals surface area (Å²) in [6, 6.07) is 0. The first-order chi connectivity index (χ1) is 8.37. The lowest BCUT2D eigenvalue weighted by Crippen LogP contribution is -2.13. The van der Waals surface area contributed by atoms with Crippen LogP contribution in [0.5, 0.6) is 0 Å². The molecule has 0 N–H and O–H groups in total. The molecule has 1 aliphatic heterocycles. The molecule has 1 aromatic heterocycles. The highest BCUT2D eigenvalue weighted by atomic mass is 32.2. The minimum atomic E-state index is -3.08. The Hall–Kier alpha value is -1.38. The summed E-state index contributed by atoms with van der Waals surface area (Å²) in [7, 11) is -3.08. The maximum Gasteiger partial charge on any atom is 0.296 e. The lowest BCUT2D eigenvalue weighted by Gasteiger charge is -1.98. The van der Waals surface area contributed by atoms with Gasteiger partial charge in [-0.3, -0.25) is 4.79 Å². The van der Waals surface area contributed by atoms with E-state index in [4.69, 9.17) is 0 Å². The molecule has 0 aliphatic carbocycles. The van der Waals surface area contributed by atoms with Crippen molar-refractivity contribution in [3.8, 4) is 0 Å². The van der Waals surface area contributed by atoms with Crippen molar-refractivity contribution in [3.63, 3.8) is 0 Å². The predicted molar refractivity (Wildman–Crippen MR) is 55.0 cm³/mol. The van der Waals surface area contributed by atoms with Crippen molar-refractivity contribution in [1.29, 1.82) is 0 Å². The summed E-state index contributed by atoms with van der Waals surface area (Å²) in [5.41, 5.74) is 0. The second kappa shape index (κ2) is 4.71. The van der Waals surface area contributed by atoms with Gasteiger partial charge in [-0.05, 0) is 6.42 Å². The zero-order valence-corrected chi connectivity index (χ0v) is 9.99. The normalized spacial score (nSPS) is 22.5. The first-order valence-electron chi connectivity index (χ1n) is 5.21. The van der Waals surface area contributed by atoms with E-state index in [1.165, 1.54) is 0 Å². The Kier molecular flexibility index (Phi) is 3.42. The van der Waals surface area contributed by atoms with Crippen molar-refractivity contribution in [2.45, 2.75) is 25.2 Å². The van der Waals surface area contributed by atoms with Gasteiger partial charge in [-0.1, -0.05) is 5.16 Å². The van der Waals surface area contributed by atoms with Crippen LogP contribution in [0.15, 0.2) is 4.52 Å². The van der Waals surface area contributed by atoms with Crippen LogP contribution in [0.4, 0.5) is 8.78 Å². The van der Waals surface area contributed by atoms with Gasteiger partial charge in [0, 0.05) is 5.92 Å². The van der Waals surface area contributed by atoms with Crippen molar-refractivity contribution < 1.29 is 26.5 Å². The van der Waals surface area contributed by atoms with Gasteiger partial charge in [0.2, 0.25) is 11.7 Å². The molecule has 1 fully saturated rings. The fraction of sp³-hybridized carbons (Fsp3) is 0.667. The van der Waals surface area contributed by atoms with E-state index in [-0.39, 0.29) is 29.1 Å². The molecule has 1 aliphatic rings. The average Bonchev–Trinajstić information content (AvgIpc) is 2.84. The number of nitrogens with zero attached hydrogens (tertiary/aromatic N) is 2. The quantitative estimate of drug-likeness (QED) is 0.790. The van der Waals surface area contributed by atoms with E-state index >= 15 is 0 Å². The number of carbonyl (C=O) groups excluding carboxylic acids is 1. The van der Waals surface area contributed by atoms with Crippen molar-refractivity contribution in [1.82, 2.24) is 10.1 Å². The monoisotopic (exact) mass is 280 g/mol. The summed E-state index contributed by atoms with van der Waals surface area (Å²) >= 11 is 0. The lowest BCUT2D eigenvalue weighted by atomic mass is 10.1. The van der Waals surface area contributed by atoms with Crippen LogP contribution < -0.4 is 0 Å². The standard InChI is InChI=1S/C9H10F2N2O4S/c10-8(11)6(14)3-7-12-9(13-17-7)5-1-2-18(15,16)4-5/h5,8H,1-4H2. The highest BCUT2D eigenvalue weighted by Crippen LogP contribution is 2.26. The van der Waals surface area contributed by atoms with Crippen LogP contribution in [0.1, 0.15) is 24.1 Å². The Morgan fingerprint density at radius 2 is 2.22 bits per heavy atom. The molecule has 1 atom stereocenters. The van der Waals surface area contributed by atoms with Gasteiger partial charge in [-0.2, -0.15) is 4.98 Å². The first kappa shape index (κ1) is 13.1. The van der Waals surface area contributed by atoms with Gasteiger partial charge in [0.1, 0.15) is 0 Å².